The van der Waals surface area contributed by atoms with E-state index in [-0.39, 0.29) is 18.1 Å². The topological polar surface area (TPSA) is 66.0 Å². The number of hydrogen-bond acceptors (Lipinski definition) is 3. The molecule has 1 atom stereocenters. The molecule has 31 heavy (non-hydrogen) atoms. The highest BCUT2D eigenvalue weighted by atomic mass is 16.5. The lowest BCUT2D eigenvalue weighted by molar-refractivity contribution is 0.0939. The Bertz CT molecular complexity index is 861. The van der Waals surface area contributed by atoms with E-state index >= 15 is 0 Å². The van der Waals surface area contributed by atoms with Gasteiger partial charge >= 0.3 is 0 Å². The van der Waals surface area contributed by atoms with Gasteiger partial charge in [-0.3, -0.25) is 9.79 Å². The van der Waals surface area contributed by atoms with Gasteiger partial charge in [0.15, 0.2) is 5.96 Å². The first-order valence-corrected chi connectivity index (χ1v) is 11.2. The Morgan fingerprint density at radius 2 is 1.90 bits per heavy atom. The van der Waals surface area contributed by atoms with Crippen molar-refractivity contribution in [1.82, 2.24) is 15.5 Å². The fourth-order valence-corrected chi connectivity index (χ4v) is 3.62. The van der Waals surface area contributed by atoms with Crippen LogP contribution in [0.25, 0.3) is 0 Å². The molecule has 0 aliphatic carbocycles. The van der Waals surface area contributed by atoms with E-state index in [0.29, 0.717) is 12.1 Å². The molecule has 0 bridgehead atoms. The van der Waals surface area contributed by atoms with Crippen LogP contribution in [0.2, 0.25) is 0 Å². The van der Waals surface area contributed by atoms with Gasteiger partial charge in [0.1, 0.15) is 11.9 Å². The summed E-state index contributed by atoms with van der Waals surface area (Å²) in [5.74, 6) is 1.79. The predicted octanol–water partition coefficient (Wildman–Crippen LogP) is 3.83. The third-order valence-electron chi connectivity index (χ3n) is 5.63. The smallest absolute Gasteiger partial charge is 0.251 e. The Balaban J connectivity index is 1.50. The van der Waals surface area contributed by atoms with E-state index in [1.54, 1.807) is 0 Å². The zero-order valence-corrected chi connectivity index (χ0v) is 18.8. The van der Waals surface area contributed by atoms with Crippen molar-refractivity contribution in [2.45, 2.75) is 51.8 Å². The van der Waals surface area contributed by atoms with E-state index in [2.05, 4.69) is 27.4 Å². The molecular weight excluding hydrogens is 388 g/mol. The van der Waals surface area contributed by atoms with Crippen LogP contribution >= 0.6 is 0 Å². The summed E-state index contributed by atoms with van der Waals surface area (Å²) < 4.78 is 6.09. The molecular formula is C25H34N4O2. The number of benzene rings is 2. The number of carbonyl (C=O) groups is 1. The van der Waals surface area contributed by atoms with Crippen molar-refractivity contribution in [1.29, 1.82) is 0 Å². The molecule has 0 spiro atoms. The summed E-state index contributed by atoms with van der Waals surface area (Å²) in [7, 11) is 1.81. The van der Waals surface area contributed by atoms with Gasteiger partial charge < -0.3 is 20.3 Å². The number of guanidine groups is 1. The number of likely N-dealkylation sites (tertiary alicyclic amines) is 1. The van der Waals surface area contributed by atoms with Crippen LogP contribution in [0.3, 0.4) is 0 Å². The zero-order valence-electron chi connectivity index (χ0n) is 18.8. The van der Waals surface area contributed by atoms with Gasteiger partial charge in [0, 0.05) is 51.1 Å². The molecule has 2 aromatic carbocycles. The number of nitrogens with zero attached hydrogens (tertiary/aromatic N) is 2. The molecule has 1 heterocycles. The molecule has 3 rings (SSSR count). The Kier molecular flexibility index (Phi) is 8.33. The van der Waals surface area contributed by atoms with Gasteiger partial charge in [-0.05, 0) is 43.2 Å². The maximum absolute atomic E-state index is 12.4. The molecule has 1 aliphatic heterocycles. The average Bonchev–Trinajstić information content (AvgIpc) is 2.81. The summed E-state index contributed by atoms with van der Waals surface area (Å²) in [5.41, 5.74) is 1.74. The summed E-state index contributed by atoms with van der Waals surface area (Å²) in [4.78, 5) is 19.1. The summed E-state index contributed by atoms with van der Waals surface area (Å²) >= 11 is 0. The molecule has 0 aromatic heterocycles. The van der Waals surface area contributed by atoms with Crippen molar-refractivity contribution in [2.75, 3.05) is 20.1 Å². The van der Waals surface area contributed by atoms with Crippen LogP contribution in [0.1, 0.15) is 49.0 Å². The number of amides is 1. The maximum Gasteiger partial charge on any atom is 0.251 e. The number of rotatable bonds is 7. The lowest BCUT2D eigenvalue weighted by Crippen LogP contribution is -2.47. The van der Waals surface area contributed by atoms with Crippen LogP contribution in [0, 0.1) is 0 Å². The SMILES string of the molecule is CCC(C)NC(=O)c1cccc(CNC(=NC)N2CCC(Oc3ccccc3)CC2)c1. The largest absolute Gasteiger partial charge is 0.490 e. The second-order valence-electron chi connectivity index (χ2n) is 8.00. The first-order valence-electron chi connectivity index (χ1n) is 11.2. The highest BCUT2D eigenvalue weighted by Gasteiger charge is 2.22. The average molecular weight is 423 g/mol. The number of piperidine rings is 1. The van der Waals surface area contributed by atoms with E-state index in [9.17, 15) is 4.79 Å². The van der Waals surface area contributed by atoms with E-state index in [1.807, 2.05) is 68.6 Å². The molecule has 6 nitrogen and oxygen atoms in total. The van der Waals surface area contributed by atoms with E-state index in [1.165, 1.54) is 0 Å². The Labute approximate surface area is 185 Å². The fourth-order valence-electron chi connectivity index (χ4n) is 3.62. The molecule has 2 aromatic rings. The van der Waals surface area contributed by atoms with Gasteiger partial charge in [-0.15, -0.1) is 0 Å². The first kappa shape index (κ1) is 22.7. The quantitative estimate of drug-likeness (QED) is 0.526. The summed E-state index contributed by atoms with van der Waals surface area (Å²) in [6.07, 6.45) is 3.07. The van der Waals surface area contributed by atoms with Gasteiger partial charge in [0.2, 0.25) is 0 Å². The van der Waals surface area contributed by atoms with Crippen molar-refractivity contribution in [3.8, 4) is 5.75 Å². The van der Waals surface area contributed by atoms with Crippen molar-refractivity contribution in [2.24, 2.45) is 4.99 Å². The molecule has 0 radical (unpaired) electrons. The lowest BCUT2D eigenvalue weighted by Gasteiger charge is -2.34. The van der Waals surface area contributed by atoms with E-state index < -0.39 is 0 Å². The molecule has 1 aliphatic rings. The highest BCUT2D eigenvalue weighted by Crippen LogP contribution is 2.18. The molecule has 1 amide bonds. The second-order valence-corrected chi connectivity index (χ2v) is 8.00. The lowest BCUT2D eigenvalue weighted by atomic mass is 10.1. The van der Waals surface area contributed by atoms with Crippen LogP contribution in [0.5, 0.6) is 5.75 Å². The van der Waals surface area contributed by atoms with Crippen LogP contribution in [-0.2, 0) is 6.54 Å². The van der Waals surface area contributed by atoms with E-state index in [4.69, 9.17) is 4.74 Å². The zero-order chi connectivity index (χ0) is 22.1. The van der Waals surface area contributed by atoms with Gasteiger partial charge in [-0.2, -0.15) is 0 Å². The Hall–Kier alpha value is -3.02. The number of ether oxygens (including phenoxy) is 1. The van der Waals surface area contributed by atoms with Crippen molar-refractivity contribution in [3.63, 3.8) is 0 Å². The monoisotopic (exact) mass is 422 g/mol. The summed E-state index contributed by atoms with van der Waals surface area (Å²) in [5, 5.41) is 6.46. The normalized spacial score (nSPS) is 16.0. The molecule has 2 N–H and O–H groups in total. The molecule has 1 saturated heterocycles. The Morgan fingerprint density at radius 3 is 2.58 bits per heavy atom. The Morgan fingerprint density at radius 1 is 1.16 bits per heavy atom. The van der Waals surface area contributed by atoms with Crippen LogP contribution in [0.15, 0.2) is 59.6 Å². The number of nitrogens with one attached hydrogen (secondary N) is 2. The van der Waals surface area contributed by atoms with Gasteiger partial charge in [0.05, 0.1) is 0 Å². The number of hydrogen-bond donors (Lipinski definition) is 2. The minimum atomic E-state index is -0.0268. The van der Waals surface area contributed by atoms with Crippen LogP contribution < -0.4 is 15.4 Å². The van der Waals surface area contributed by atoms with Crippen molar-refractivity contribution in [3.05, 3.63) is 65.7 Å². The van der Waals surface area contributed by atoms with Crippen LogP contribution in [-0.4, -0.2) is 49.0 Å². The van der Waals surface area contributed by atoms with Gasteiger partial charge in [-0.1, -0.05) is 37.3 Å². The van der Waals surface area contributed by atoms with Crippen molar-refractivity contribution >= 4 is 11.9 Å². The standard InChI is InChI=1S/C25H34N4O2/c1-4-19(2)28-24(30)21-10-8-9-20(17-21)18-27-25(26-3)29-15-13-23(14-16-29)31-22-11-6-5-7-12-22/h5-12,17,19,23H,4,13-16,18H2,1-3H3,(H,26,27)(H,28,30). The number of carbonyl (C=O) groups excluding carboxylic acids is 1. The molecule has 1 unspecified atom stereocenters. The van der Waals surface area contributed by atoms with Gasteiger partial charge in [-0.25, -0.2) is 0 Å². The molecule has 1 fully saturated rings. The van der Waals surface area contributed by atoms with Gasteiger partial charge in [0.25, 0.3) is 5.91 Å². The summed E-state index contributed by atoms with van der Waals surface area (Å²) in [6, 6.07) is 17.9. The van der Waals surface area contributed by atoms with Crippen LogP contribution in [0.4, 0.5) is 0 Å². The molecule has 0 saturated carbocycles. The number of para-hydroxylation sites is 1. The van der Waals surface area contributed by atoms with E-state index in [0.717, 1.165) is 49.6 Å². The maximum atomic E-state index is 12.4. The molecule has 166 valence electrons. The van der Waals surface area contributed by atoms with Crippen molar-refractivity contribution < 1.29 is 9.53 Å². The minimum absolute atomic E-state index is 0.0268. The minimum Gasteiger partial charge on any atom is -0.490 e. The second kappa shape index (κ2) is 11.4. The fraction of sp³-hybridized carbons (Fsp3) is 0.440. The molecule has 6 heteroatoms. The third kappa shape index (κ3) is 6.74. The predicted molar refractivity (Wildman–Crippen MR) is 126 cm³/mol. The highest BCUT2D eigenvalue weighted by molar-refractivity contribution is 5.94. The third-order valence-corrected chi connectivity index (χ3v) is 5.63. The summed E-state index contributed by atoms with van der Waals surface area (Å²) in [6.45, 7) is 6.50. The number of aliphatic imine (C=N–C) groups is 1. The first-order chi connectivity index (χ1) is 15.1.